The molecule has 2 atom stereocenters. The molecule has 5 nitrogen and oxygen atoms in total. The minimum atomic E-state index is -0.472. The largest absolute Gasteiger partial charge is 0.376 e. The maximum absolute atomic E-state index is 11.7. The van der Waals surface area contributed by atoms with Crippen LogP contribution in [0.25, 0.3) is 0 Å². The molecule has 0 spiro atoms. The Balaban J connectivity index is 2.27. The number of carbonyl (C=O) groups excluding carboxylic acids is 2. The van der Waals surface area contributed by atoms with Crippen LogP contribution in [0.5, 0.6) is 0 Å². The first kappa shape index (κ1) is 15.0. The summed E-state index contributed by atoms with van der Waals surface area (Å²) in [5, 5.41) is 5.48. The summed E-state index contributed by atoms with van der Waals surface area (Å²) in [6, 6.07) is -0.00783. The quantitative estimate of drug-likeness (QED) is 0.783. The summed E-state index contributed by atoms with van der Waals surface area (Å²) in [7, 11) is 0. The number of hydrogen-bond acceptors (Lipinski definition) is 3. The lowest BCUT2D eigenvalue weighted by Gasteiger charge is -2.21. The number of amides is 2. The van der Waals surface area contributed by atoms with Crippen LogP contribution in [0.1, 0.15) is 40.5 Å². The van der Waals surface area contributed by atoms with Gasteiger partial charge in [0.05, 0.1) is 18.7 Å². The van der Waals surface area contributed by atoms with Crippen LogP contribution < -0.4 is 10.6 Å². The van der Waals surface area contributed by atoms with E-state index in [9.17, 15) is 9.59 Å². The van der Waals surface area contributed by atoms with E-state index in [0.717, 1.165) is 19.4 Å². The van der Waals surface area contributed by atoms with E-state index in [4.69, 9.17) is 4.74 Å². The Hall–Kier alpha value is -1.10. The van der Waals surface area contributed by atoms with Gasteiger partial charge < -0.3 is 15.4 Å². The van der Waals surface area contributed by atoms with Crippen molar-refractivity contribution < 1.29 is 14.3 Å². The van der Waals surface area contributed by atoms with E-state index in [-0.39, 0.29) is 30.5 Å². The van der Waals surface area contributed by atoms with E-state index in [1.54, 1.807) is 0 Å². The predicted molar refractivity (Wildman–Crippen MR) is 69.0 cm³/mol. The smallest absolute Gasteiger partial charge is 0.239 e. The van der Waals surface area contributed by atoms with Gasteiger partial charge >= 0.3 is 0 Å². The standard InChI is InChI=1S/C13H24N2O3/c1-9(10-6-5-7-18-10)15-11(16)8-14-12(17)13(2,3)4/h9-10H,5-8H2,1-4H3,(H,14,17)(H,15,16). The molecule has 1 rings (SSSR count). The van der Waals surface area contributed by atoms with Crippen LogP contribution in [0.4, 0.5) is 0 Å². The summed E-state index contributed by atoms with van der Waals surface area (Å²) in [4.78, 5) is 23.3. The first-order valence-electron chi connectivity index (χ1n) is 6.50. The molecule has 0 aromatic carbocycles. The highest BCUT2D eigenvalue weighted by atomic mass is 16.5. The lowest BCUT2D eigenvalue weighted by Crippen LogP contribution is -2.47. The monoisotopic (exact) mass is 256 g/mol. The van der Waals surface area contributed by atoms with Gasteiger partial charge in [0.25, 0.3) is 0 Å². The van der Waals surface area contributed by atoms with Crippen LogP contribution in [-0.2, 0) is 14.3 Å². The third-order valence-electron chi connectivity index (χ3n) is 3.00. The zero-order chi connectivity index (χ0) is 13.8. The number of carbonyl (C=O) groups is 2. The molecule has 2 unspecified atom stereocenters. The van der Waals surface area contributed by atoms with Gasteiger partial charge in [-0.15, -0.1) is 0 Å². The van der Waals surface area contributed by atoms with Crippen LogP contribution in [0.2, 0.25) is 0 Å². The molecule has 104 valence electrons. The summed E-state index contributed by atoms with van der Waals surface area (Å²) in [5.74, 6) is -0.294. The Kier molecular flexibility index (Phi) is 5.14. The van der Waals surface area contributed by atoms with Crippen LogP contribution in [0.15, 0.2) is 0 Å². The lowest BCUT2D eigenvalue weighted by molar-refractivity contribution is -0.131. The lowest BCUT2D eigenvalue weighted by atomic mass is 9.96. The molecule has 1 aliphatic heterocycles. The molecule has 0 aromatic heterocycles. The minimum absolute atomic E-state index is 0.00783. The van der Waals surface area contributed by atoms with Crippen molar-refractivity contribution in [3.05, 3.63) is 0 Å². The van der Waals surface area contributed by atoms with Gasteiger partial charge in [-0.25, -0.2) is 0 Å². The highest BCUT2D eigenvalue weighted by molar-refractivity contribution is 5.87. The summed E-state index contributed by atoms with van der Waals surface area (Å²) in [6.45, 7) is 8.16. The fraction of sp³-hybridized carbons (Fsp3) is 0.846. The molecule has 0 radical (unpaired) electrons. The molecule has 0 aromatic rings. The van der Waals surface area contributed by atoms with Crippen molar-refractivity contribution >= 4 is 11.8 Å². The van der Waals surface area contributed by atoms with Crippen molar-refractivity contribution in [1.29, 1.82) is 0 Å². The summed E-state index contributed by atoms with van der Waals surface area (Å²) < 4.78 is 5.49. The van der Waals surface area contributed by atoms with Crippen molar-refractivity contribution in [3.8, 4) is 0 Å². The molecule has 1 heterocycles. The van der Waals surface area contributed by atoms with Crippen LogP contribution >= 0.6 is 0 Å². The van der Waals surface area contributed by atoms with Crippen LogP contribution in [-0.4, -0.2) is 37.1 Å². The van der Waals surface area contributed by atoms with Crippen molar-refractivity contribution in [3.63, 3.8) is 0 Å². The molecule has 2 amide bonds. The van der Waals surface area contributed by atoms with Gasteiger partial charge in [-0.3, -0.25) is 9.59 Å². The highest BCUT2D eigenvalue weighted by Crippen LogP contribution is 2.15. The second-order valence-corrected chi connectivity index (χ2v) is 5.84. The maximum Gasteiger partial charge on any atom is 0.239 e. The average molecular weight is 256 g/mol. The number of ether oxygens (including phenoxy) is 1. The van der Waals surface area contributed by atoms with Crippen molar-refractivity contribution in [2.45, 2.75) is 52.7 Å². The SMILES string of the molecule is CC(NC(=O)CNC(=O)C(C)(C)C)C1CCCO1. The summed E-state index contributed by atoms with van der Waals surface area (Å²) >= 11 is 0. The Morgan fingerprint density at radius 3 is 2.56 bits per heavy atom. The molecule has 0 aliphatic carbocycles. The molecule has 1 aliphatic rings. The zero-order valence-corrected chi connectivity index (χ0v) is 11.7. The Labute approximate surface area is 109 Å². The Morgan fingerprint density at radius 1 is 1.39 bits per heavy atom. The van der Waals surface area contributed by atoms with E-state index in [2.05, 4.69) is 10.6 Å². The van der Waals surface area contributed by atoms with E-state index in [1.165, 1.54) is 0 Å². The van der Waals surface area contributed by atoms with E-state index in [0.29, 0.717) is 0 Å². The first-order chi connectivity index (χ1) is 8.30. The van der Waals surface area contributed by atoms with Gasteiger partial charge in [-0.05, 0) is 19.8 Å². The maximum atomic E-state index is 11.7. The van der Waals surface area contributed by atoms with Gasteiger partial charge in [0.2, 0.25) is 11.8 Å². The number of hydrogen-bond donors (Lipinski definition) is 2. The minimum Gasteiger partial charge on any atom is -0.376 e. The zero-order valence-electron chi connectivity index (χ0n) is 11.7. The normalized spacial score (nSPS) is 21.4. The van der Waals surface area contributed by atoms with Gasteiger partial charge in [0.1, 0.15) is 0 Å². The van der Waals surface area contributed by atoms with Gasteiger partial charge in [-0.2, -0.15) is 0 Å². The van der Waals surface area contributed by atoms with Gasteiger partial charge in [0, 0.05) is 12.0 Å². The molecular formula is C13H24N2O3. The molecule has 2 N–H and O–H groups in total. The Bertz CT molecular complexity index is 304. The second-order valence-electron chi connectivity index (χ2n) is 5.84. The highest BCUT2D eigenvalue weighted by Gasteiger charge is 2.25. The molecule has 1 saturated heterocycles. The molecule has 0 bridgehead atoms. The average Bonchev–Trinajstić information content (AvgIpc) is 2.77. The van der Waals surface area contributed by atoms with Crippen molar-refractivity contribution in [2.24, 2.45) is 5.41 Å². The van der Waals surface area contributed by atoms with Crippen LogP contribution in [0, 0.1) is 5.41 Å². The molecule has 18 heavy (non-hydrogen) atoms. The Morgan fingerprint density at radius 2 is 2.06 bits per heavy atom. The summed E-state index contributed by atoms with van der Waals surface area (Å²) in [6.07, 6.45) is 2.13. The number of rotatable bonds is 4. The van der Waals surface area contributed by atoms with E-state index < -0.39 is 5.41 Å². The third-order valence-corrected chi connectivity index (χ3v) is 3.00. The van der Waals surface area contributed by atoms with E-state index in [1.807, 2.05) is 27.7 Å². The van der Waals surface area contributed by atoms with Gasteiger partial charge in [-0.1, -0.05) is 20.8 Å². The van der Waals surface area contributed by atoms with E-state index >= 15 is 0 Å². The molecule has 0 saturated carbocycles. The topological polar surface area (TPSA) is 67.4 Å². The van der Waals surface area contributed by atoms with Gasteiger partial charge in [0.15, 0.2) is 0 Å². The predicted octanol–water partition coefficient (Wildman–Crippen LogP) is 0.832. The molecular weight excluding hydrogens is 232 g/mol. The summed E-state index contributed by atoms with van der Waals surface area (Å²) in [5.41, 5.74) is -0.472. The third kappa shape index (κ3) is 4.64. The molecule has 5 heteroatoms. The van der Waals surface area contributed by atoms with Crippen molar-refractivity contribution in [1.82, 2.24) is 10.6 Å². The van der Waals surface area contributed by atoms with Crippen molar-refractivity contribution in [2.75, 3.05) is 13.2 Å². The fourth-order valence-electron chi connectivity index (χ4n) is 1.82. The van der Waals surface area contributed by atoms with Crippen LogP contribution in [0.3, 0.4) is 0 Å². The molecule has 1 fully saturated rings. The first-order valence-corrected chi connectivity index (χ1v) is 6.50. The number of nitrogens with one attached hydrogen (secondary N) is 2. The second kappa shape index (κ2) is 6.18. The fourth-order valence-corrected chi connectivity index (χ4v) is 1.82.